The van der Waals surface area contributed by atoms with E-state index in [1.54, 1.807) is 5.57 Å². The molecule has 5 nitrogen and oxygen atoms in total. The van der Waals surface area contributed by atoms with Gasteiger partial charge >= 0.3 is 5.97 Å². The molecule has 0 amide bonds. The number of esters is 1. The van der Waals surface area contributed by atoms with Crippen LogP contribution in [0.25, 0.3) is 0 Å². The standard InChI is InChI=1S/C44H63N3O2/c1-11-47(12-2)38-32-26-41(8)34(40(6,7)37(32)45-30(5)46-38)21-22-43(10)35(41)19-18-33-36-29(4)28(3)20-23-44(36,25-24-42(33,43)9)39(48)49-27-31-16-14-13-15-17-31/h13-18,28-29,34-36H,11-12,19-27H2,1-10H3/t28-,29+,34+,35-,36+,41+,42-,43-,44+/m1/s1. The van der Waals surface area contributed by atoms with E-state index in [0.29, 0.717) is 30.3 Å². The molecule has 0 saturated heterocycles. The van der Waals surface area contributed by atoms with Crippen molar-refractivity contribution in [1.82, 2.24) is 9.97 Å². The van der Waals surface area contributed by atoms with Crippen molar-refractivity contribution in [3.05, 3.63) is 64.6 Å². The van der Waals surface area contributed by atoms with E-state index in [1.165, 1.54) is 29.9 Å². The van der Waals surface area contributed by atoms with Gasteiger partial charge in [0.25, 0.3) is 0 Å². The molecule has 49 heavy (non-hydrogen) atoms. The number of ether oxygens (including phenoxy) is 1. The van der Waals surface area contributed by atoms with Gasteiger partial charge in [-0.3, -0.25) is 4.79 Å². The van der Waals surface area contributed by atoms with Gasteiger partial charge in [-0.15, -0.1) is 0 Å². The fourth-order valence-electron chi connectivity index (χ4n) is 13.1. The molecule has 266 valence electrons. The summed E-state index contributed by atoms with van der Waals surface area (Å²) in [6.45, 7) is 26.7. The van der Waals surface area contributed by atoms with E-state index in [9.17, 15) is 4.79 Å². The number of nitrogens with zero attached hydrogens (tertiary/aromatic N) is 3. The second-order valence-electron chi connectivity index (χ2n) is 18.4. The molecule has 0 unspecified atom stereocenters. The number of hydrogen-bond donors (Lipinski definition) is 0. The van der Waals surface area contributed by atoms with Crippen molar-refractivity contribution in [3.63, 3.8) is 0 Å². The minimum atomic E-state index is -0.421. The average Bonchev–Trinajstić information content (AvgIpc) is 3.07. The maximum atomic E-state index is 14.4. The molecular weight excluding hydrogens is 603 g/mol. The Bertz CT molecular complexity index is 1630. The molecule has 5 aliphatic carbocycles. The summed E-state index contributed by atoms with van der Waals surface area (Å²) < 4.78 is 6.27. The molecule has 1 aromatic heterocycles. The van der Waals surface area contributed by atoms with Crippen molar-refractivity contribution in [2.24, 2.45) is 51.2 Å². The van der Waals surface area contributed by atoms with E-state index in [-0.39, 0.29) is 33.5 Å². The molecule has 0 aliphatic heterocycles. The van der Waals surface area contributed by atoms with Crippen molar-refractivity contribution < 1.29 is 9.53 Å². The minimum Gasteiger partial charge on any atom is -0.460 e. The lowest BCUT2D eigenvalue weighted by atomic mass is 9.33. The molecule has 5 aliphatic rings. The molecule has 0 N–H and O–H groups in total. The first-order chi connectivity index (χ1) is 23.2. The molecule has 9 atom stereocenters. The highest BCUT2D eigenvalue weighted by Crippen LogP contribution is 2.75. The highest BCUT2D eigenvalue weighted by atomic mass is 16.5. The molecule has 3 fully saturated rings. The normalized spacial score (nSPS) is 38.9. The molecule has 7 rings (SSSR count). The summed E-state index contributed by atoms with van der Waals surface area (Å²) in [5.74, 6) is 4.54. The maximum Gasteiger partial charge on any atom is 0.313 e. The van der Waals surface area contributed by atoms with Gasteiger partial charge in [0, 0.05) is 24.1 Å². The van der Waals surface area contributed by atoms with Gasteiger partial charge in [-0.2, -0.15) is 0 Å². The largest absolute Gasteiger partial charge is 0.460 e. The van der Waals surface area contributed by atoms with E-state index < -0.39 is 5.41 Å². The van der Waals surface area contributed by atoms with Crippen LogP contribution < -0.4 is 4.90 Å². The Morgan fingerprint density at radius 3 is 2.33 bits per heavy atom. The Kier molecular flexibility index (Phi) is 8.47. The quantitative estimate of drug-likeness (QED) is 0.227. The van der Waals surface area contributed by atoms with Crippen molar-refractivity contribution >= 4 is 11.8 Å². The van der Waals surface area contributed by atoms with E-state index >= 15 is 0 Å². The predicted molar refractivity (Wildman–Crippen MR) is 199 cm³/mol. The number of benzene rings is 1. The summed E-state index contributed by atoms with van der Waals surface area (Å²) in [5.41, 5.74) is 5.26. The predicted octanol–water partition coefficient (Wildman–Crippen LogP) is 10.0. The lowest BCUT2D eigenvalue weighted by Gasteiger charge is -2.71. The van der Waals surface area contributed by atoms with E-state index in [4.69, 9.17) is 14.7 Å². The van der Waals surface area contributed by atoms with Gasteiger partial charge in [-0.1, -0.05) is 90.4 Å². The first-order valence-corrected chi connectivity index (χ1v) is 19.7. The Hall–Kier alpha value is -2.69. The Balaban J connectivity index is 1.29. The number of anilines is 1. The minimum absolute atomic E-state index is 0.0261. The van der Waals surface area contributed by atoms with Gasteiger partial charge in [-0.05, 0) is 124 Å². The van der Waals surface area contributed by atoms with Crippen LogP contribution in [0.3, 0.4) is 0 Å². The number of fused-ring (bicyclic) bond motifs is 8. The second kappa shape index (κ2) is 11.9. The second-order valence-corrected chi connectivity index (χ2v) is 18.4. The number of carbonyl (C=O) groups excluding carboxylic acids is 1. The third-order valence-electron chi connectivity index (χ3n) is 16.1. The van der Waals surface area contributed by atoms with Crippen molar-refractivity contribution in [3.8, 4) is 0 Å². The van der Waals surface area contributed by atoms with Crippen molar-refractivity contribution in [2.45, 2.75) is 133 Å². The van der Waals surface area contributed by atoms with Crippen LogP contribution in [0.4, 0.5) is 5.82 Å². The van der Waals surface area contributed by atoms with Crippen molar-refractivity contribution in [1.29, 1.82) is 0 Å². The zero-order chi connectivity index (χ0) is 35.1. The van der Waals surface area contributed by atoms with Gasteiger partial charge in [-0.25, -0.2) is 9.97 Å². The van der Waals surface area contributed by atoms with Crippen LogP contribution >= 0.6 is 0 Å². The van der Waals surface area contributed by atoms with Crippen LogP contribution in [0, 0.1) is 58.2 Å². The Labute approximate surface area is 297 Å². The molecule has 0 spiro atoms. The van der Waals surface area contributed by atoms with Gasteiger partial charge < -0.3 is 9.64 Å². The molecule has 3 saturated carbocycles. The summed E-state index contributed by atoms with van der Waals surface area (Å²) in [5, 5.41) is 0. The van der Waals surface area contributed by atoms with Crippen LogP contribution in [0.2, 0.25) is 0 Å². The number of aromatic nitrogens is 2. The van der Waals surface area contributed by atoms with Crippen molar-refractivity contribution in [2.75, 3.05) is 18.0 Å². The maximum absolute atomic E-state index is 14.4. The van der Waals surface area contributed by atoms with Gasteiger partial charge in [0.1, 0.15) is 18.2 Å². The van der Waals surface area contributed by atoms with Crippen LogP contribution in [-0.4, -0.2) is 29.0 Å². The number of rotatable bonds is 6. The molecule has 1 heterocycles. The number of aryl methyl sites for hydroxylation is 1. The van der Waals surface area contributed by atoms with Gasteiger partial charge in [0.15, 0.2) is 0 Å². The molecular formula is C44H63N3O2. The van der Waals surface area contributed by atoms with E-state index in [2.05, 4.69) is 92.3 Å². The van der Waals surface area contributed by atoms with E-state index in [0.717, 1.165) is 63.0 Å². The fraction of sp³-hybridized carbons (Fsp3) is 0.705. The van der Waals surface area contributed by atoms with E-state index in [1.807, 2.05) is 18.2 Å². The van der Waals surface area contributed by atoms with Gasteiger partial charge in [0.05, 0.1) is 11.1 Å². The summed E-state index contributed by atoms with van der Waals surface area (Å²) >= 11 is 0. The third kappa shape index (κ3) is 4.85. The zero-order valence-corrected chi connectivity index (χ0v) is 32.3. The summed E-state index contributed by atoms with van der Waals surface area (Å²) in [4.78, 5) is 27.3. The molecule has 0 bridgehead atoms. The van der Waals surface area contributed by atoms with Crippen LogP contribution in [-0.2, 0) is 28.0 Å². The Morgan fingerprint density at radius 1 is 0.918 bits per heavy atom. The summed E-state index contributed by atoms with van der Waals surface area (Å²) in [7, 11) is 0. The number of allylic oxidation sites excluding steroid dienone is 2. The van der Waals surface area contributed by atoms with Crippen LogP contribution in [0.15, 0.2) is 42.0 Å². The highest BCUT2D eigenvalue weighted by Gasteiger charge is 2.69. The number of hydrogen-bond acceptors (Lipinski definition) is 5. The SMILES string of the molecule is CCN(CC)c1nc(C)nc2c1C[C@]1(C)[C@H]3CC=C4[C@@H]5[C@@H](C)[C@H](C)CC[C@]5(C(=O)OCc5ccccc5)CC[C@@]4(C)[C@]3(C)CC[C@H]1C2(C)C. The lowest BCUT2D eigenvalue weighted by Crippen LogP contribution is -2.65. The van der Waals surface area contributed by atoms with Crippen LogP contribution in [0.5, 0.6) is 0 Å². The molecule has 0 radical (unpaired) electrons. The summed E-state index contributed by atoms with van der Waals surface area (Å²) in [6, 6.07) is 10.2. The molecule has 1 aromatic carbocycles. The zero-order valence-electron chi connectivity index (χ0n) is 32.3. The first kappa shape index (κ1) is 34.7. The summed E-state index contributed by atoms with van der Waals surface area (Å²) in [6.07, 6.45) is 11.4. The topological polar surface area (TPSA) is 55.3 Å². The number of carbonyl (C=O) groups is 1. The molecule has 2 aromatic rings. The van der Waals surface area contributed by atoms with Gasteiger partial charge in [0.2, 0.25) is 0 Å². The fourth-order valence-corrected chi connectivity index (χ4v) is 13.1. The Morgan fingerprint density at radius 2 is 1.63 bits per heavy atom. The first-order valence-electron chi connectivity index (χ1n) is 19.7. The smallest absolute Gasteiger partial charge is 0.313 e. The van der Waals surface area contributed by atoms with Crippen LogP contribution in [0.1, 0.15) is 130 Å². The average molecular weight is 666 g/mol. The monoisotopic (exact) mass is 665 g/mol. The highest BCUT2D eigenvalue weighted by molar-refractivity contribution is 5.79. The third-order valence-corrected chi connectivity index (χ3v) is 16.1. The lowest BCUT2D eigenvalue weighted by molar-refractivity contribution is -0.184. The molecule has 5 heteroatoms.